The van der Waals surface area contributed by atoms with Crippen LogP contribution in [0.3, 0.4) is 0 Å². The largest absolute Gasteiger partial charge is 0.379 e. The van der Waals surface area contributed by atoms with Gasteiger partial charge in [0.25, 0.3) is 5.91 Å². The monoisotopic (exact) mass is 342 g/mol. The minimum Gasteiger partial charge on any atom is -0.379 e. The van der Waals surface area contributed by atoms with Crippen molar-refractivity contribution < 1.29 is 13.9 Å². The molecule has 25 heavy (non-hydrogen) atoms. The molecule has 0 spiro atoms. The predicted octanol–water partition coefficient (Wildman–Crippen LogP) is 2.94. The van der Waals surface area contributed by atoms with Crippen LogP contribution >= 0.6 is 0 Å². The van der Waals surface area contributed by atoms with E-state index in [0.717, 1.165) is 18.7 Å². The van der Waals surface area contributed by atoms with Crippen LogP contribution < -0.4 is 5.32 Å². The molecule has 0 bridgehead atoms. The molecular formula is C20H23FN2O2. The van der Waals surface area contributed by atoms with E-state index in [1.54, 1.807) is 12.1 Å². The van der Waals surface area contributed by atoms with Gasteiger partial charge in [-0.1, -0.05) is 42.0 Å². The molecule has 0 aliphatic carbocycles. The maximum atomic E-state index is 13.8. The number of carbonyl (C=O) groups excluding carboxylic acids is 1. The minimum absolute atomic E-state index is 0.0419. The number of amides is 1. The van der Waals surface area contributed by atoms with Crippen LogP contribution in [-0.4, -0.2) is 43.7 Å². The number of hydrogen-bond acceptors (Lipinski definition) is 3. The van der Waals surface area contributed by atoms with Gasteiger partial charge in [0, 0.05) is 19.6 Å². The SMILES string of the molecule is Cc1ccc(C(CNC(=O)c2ccccc2F)N2CCOCC2)cc1. The minimum atomic E-state index is -0.502. The van der Waals surface area contributed by atoms with E-state index in [4.69, 9.17) is 4.74 Å². The average molecular weight is 342 g/mol. The van der Waals surface area contributed by atoms with E-state index in [-0.39, 0.29) is 17.5 Å². The van der Waals surface area contributed by atoms with Crippen molar-refractivity contribution in [2.45, 2.75) is 13.0 Å². The fourth-order valence-corrected chi connectivity index (χ4v) is 3.07. The number of hydrogen-bond donors (Lipinski definition) is 1. The molecule has 1 N–H and O–H groups in total. The van der Waals surface area contributed by atoms with E-state index >= 15 is 0 Å². The summed E-state index contributed by atoms with van der Waals surface area (Å²) < 4.78 is 19.2. The lowest BCUT2D eigenvalue weighted by atomic mass is 10.0. The molecule has 0 saturated carbocycles. The summed E-state index contributed by atoms with van der Waals surface area (Å²) >= 11 is 0. The van der Waals surface area contributed by atoms with Gasteiger partial charge < -0.3 is 10.1 Å². The predicted molar refractivity (Wildman–Crippen MR) is 95.0 cm³/mol. The fourth-order valence-electron chi connectivity index (χ4n) is 3.07. The highest BCUT2D eigenvalue weighted by molar-refractivity contribution is 5.94. The molecule has 4 nitrogen and oxygen atoms in total. The van der Waals surface area contributed by atoms with Gasteiger partial charge in [0.2, 0.25) is 0 Å². The Labute approximate surface area is 147 Å². The second kappa shape index (κ2) is 8.23. The Balaban J connectivity index is 1.74. The van der Waals surface area contributed by atoms with Crippen molar-refractivity contribution in [1.29, 1.82) is 0 Å². The first kappa shape index (κ1) is 17.6. The second-order valence-corrected chi connectivity index (χ2v) is 6.26. The number of ether oxygens (including phenoxy) is 1. The summed E-state index contributed by atoms with van der Waals surface area (Å²) in [6, 6.07) is 14.4. The Morgan fingerprint density at radius 2 is 1.84 bits per heavy atom. The van der Waals surface area contributed by atoms with E-state index in [0.29, 0.717) is 19.8 Å². The summed E-state index contributed by atoms with van der Waals surface area (Å²) in [6.07, 6.45) is 0. The maximum absolute atomic E-state index is 13.8. The summed E-state index contributed by atoms with van der Waals surface area (Å²) in [7, 11) is 0. The van der Waals surface area contributed by atoms with Gasteiger partial charge in [-0.2, -0.15) is 0 Å². The molecule has 1 atom stereocenters. The van der Waals surface area contributed by atoms with Gasteiger partial charge in [-0.05, 0) is 24.6 Å². The van der Waals surface area contributed by atoms with Gasteiger partial charge in [0.1, 0.15) is 5.82 Å². The third kappa shape index (κ3) is 4.44. The maximum Gasteiger partial charge on any atom is 0.254 e. The van der Waals surface area contributed by atoms with Crippen molar-refractivity contribution >= 4 is 5.91 Å². The van der Waals surface area contributed by atoms with Crippen molar-refractivity contribution in [3.05, 3.63) is 71.0 Å². The Morgan fingerprint density at radius 1 is 1.16 bits per heavy atom. The molecule has 132 valence electrons. The third-order valence-corrected chi connectivity index (χ3v) is 4.52. The molecule has 1 amide bonds. The molecule has 2 aromatic rings. The molecule has 1 fully saturated rings. The van der Waals surface area contributed by atoms with Crippen molar-refractivity contribution in [3.63, 3.8) is 0 Å². The quantitative estimate of drug-likeness (QED) is 0.908. The average Bonchev–Trinajstić information content (AvgIpc) is 2.64. The molecule has 0 radical (unpaired) electrons. The van der Waals surface area contributed by atoms with Crippen molar-refractivity contribution in [3.8, 4) is 0 Å². The highest BCUT2D eigenvalue weighted by Gasteiger charge is 2.23. The smallest absolute Gasteiger partial charge is 0.254 e. The van der Waals surface area contributed by atoms with Gasteiger partial charge in [0.15, 0.2) is 0 Å². The zero-order valence-corrected chi connectivity index (χ0v) is 14.4. The number of aryl methyl sites for hydroxylation is 1. The number of benzene rings is 2. The molecular weight excluding hydrogens is 319 g/mol. The number of rotatable bonds is 5. The zero-order valence-electron chi connectivity index (χ0n) is 14.4. The third-order valence-electron chi connectivity index (χ3n) is 4.52. The number of halogens is 1. The highest BCUT2D eigenvalue weighted by Crippen LogP contribution is 2.22. The fraction of sp³-hybridized carbons (Fsp3) is 0.350. The normalized spacial score (nSPS) is 16.4. The van der Waals surface area contributed by atoms with Gasteiger partial charge in [-0.25, -0.2) is 4.39 Å². The van der Waals surface area contributed by atoms with E-state index < -0.39 is 5.82 Å². The van der Waals surface area contributed by atoms with Crippen LogP contribution in [0.15, 0.2) is 48.5 Å². The van der Waals surface area contributed by atoms with Gasteiger partial charge in [0.05, 0.1) is 24.8 Å². The molecule has 1 aliphatic heterocycles. The first-order valence-electron chi connectivity index (χ1n) is 8.56. The van der Waals surface area contributed by atoms with E-state index in [1.807, 2.05) is 6.92 Å². The molecule has 2 aromatic carbocycles. The Bertz CT molecular complexity index is 712. The highest BCUT2D eigenvalue weighted by atomic mass is 19.1. The summed E-state index contributed by atoms with van der Waals surface area (Å²) in [5.41, 5.74) is 2.41. The Morgan fingerprint density at radius 3 is 2.52 bits per heavy atom. The molecule has 1 heterocycles. The number of carbonyl (C=O) groups is 1. The molecule has 0 aromatic heterocycles. The van der Waals surface area contributed by atoms with Gasteiger partial charge >= 0.3 is 0 Å². The van der Waals surface area contributed by atoms with Crippen molar-refractivity contribution in [2.24, 2.45) is 0 Å². The van der Waals surface area contributed by atoms with Crippen LogP contribution in [0.5, 0.6) is 0 Å². The van der Waals surface area contributed by atoms with Crippen molar-refractivity contribution in [2.75, 3.05) is 32.8 Å². The first-order valence-corrected chi connectivity index (χ1v) is 8.56. The standard InChI is InChI=1S/C20H23FN2O2/c1-15-6-8-16(9-7-15)19(23-10-12-25-13-11-23)14-22-20(24)17-4-2-3-5-18(17)21/h2-9,19H,10-14H2,1H3,(H,22,24). The van der Waals surface area contributed by atoms with Crippen molar-refractivity contribution in [1.82, 2.24) is 10.2 Å². The van der Waals surface area contributed by atoms with E-state index in [1.165, 1.54) is 17.7 Å². The molecule has 5 heteroatoms. The molecule has 1 saturated heterocycles. The van der Waals surface area contributed by atoms with Crippen LogP contribution in [0.4, 0.5) is 4.39 Å². The molecule has 3 rings (SSSR count). The lowest BCUT2D eigenvalue weighted by Crippen LogP contribution is -2.43. The summed E-state index contributed by atoms with van der Waals surface area (Å²) in [6.45, 7) is 5.47. The lowest BCUT2D eigenvalue weighted by Gasteiger charge is -2.35. The topological polar surface area (TPSA) is 41.6 Å². The van der Waals surface area contributed by atoms with E-state index in [9.17, 15) is 9.18 Å². The Hall–Kier alpha value is -2.24. The van der Waals surface area contributed by atoms with Crippen LogP contribution in [0.1, 0.15) is 27.5 Å². The molecule has 1 aliphatic rings. The van der Waals surface area contributed by atoms with Crippen LogP contribution in [0.2, 0.25) is 0 Å². The number of nitrogens with one attached hydrogen (secondary N) is 1. The zero-order chi connectivity index (χ0) is 17.6. The second-order valence-electron chi connectivity index (χ2n) is 6.26. The summed E-state index contributed by atoms with van der Waals surface area (Å²) in [4.78, 5) is 14.6. The van der Waals surface area contributed by atoms with Crippen LogP contribution in [0, 0.1) is 12.7 Å². The van der Waals surface area contributed by atoms with E-state index in [2.05, 4.69) is 34.5 Å². The van der Waals surface area contributed by atoms with Gasteiger partial charge in [-0.15, -0.1) is 0 Å². The summed E-state index contributed by atoms with van der Waals surface area (Å²) in [5, 5.41) is 2.89. The number of nitrogens with zero attached hydrogens (tertiary/aromatic N) is 1. The Kier molecular flexibility index (Phi) is 5.79. The lowest BCUT2D eigenvalue weighted by molar-refractivity contribution is 0.0162. The number of morpholine rings is 1. The van der Waals surface area contributed by atoms with Crippen LogP contribution in [0.25, 0.3) is 0 Å². The van der Waals surface area contributed by atoms with Gasteiger partial charge in [-0.3, -0.25) is 9.69 Å². The first-order chi connectivity index (χ1) is 12.1. The molecule has 1 unspecified atom stereocenters. The van der Waals surface area contributed by atoms with Crippen LogP contribution in [-0.2, 0) is 4.74 Å². The summed E-state index contributed by atoms with van der Waals surface area (Å²) in [5.74, 6) is -0.887.